The summed E-state index contributed by atoms with van der Waals surface area (Å²) >= 11 is 0. The van der Waals surface area contributed by atoms with Gasteiger partial charge in [0.2, 0.25) is 15.9 Å². The second kappa shape index (κ2) is 6.37. The number of benzene rings is 2. The van der Waals surface area contributed by atoms with Crippen molar-refractivity contribution in [1.29, 1.82) is 0 Å². The van der Waals surface area contributed by atoms with E-state index in [2.05, 4.69) is 5.32 Å². The maximum atomic E-state index is 12.6. The number of sulfonamides is 1. The van der Waals surface area contributed by atoms with Crippen molar-refractivity contribution >= 4 is 15.9 Å². The SMILES string of the molecule is CC[C@@H](NC(=O)[C@H]1Cc2ccccc21)c1cccc(S(N)(=O)=O)c1. The third-order valence-electron chi connectivity index (χ3n) is 4.48. The minimum Gasteiger partial charge on any atom is -0.349 e. The summed E-state index contributed by atoms with van der Waals surface area (Å²) in [4.78, 5) is 12.6. The zero-order chi connectivity index (χ0) is 17.3. The molecule has 126 valence electrons. The van der Waals surface area contributed by atoms with Gasteiger partial charge in [-0.05, 0) is 41.7 Å². The van der Waals surface area contributed by atoms with Crippen LogP contribution in [-0.4, -0.2) is 14.3 Å². The molecule has 2 aromatic rings. The van der Waals surface area contributed by atoms with Crippen LogP contribution in [0.4, 0.5) is 0 Å². The summed E-state index contributed by atoms with van der Waals surface area (Å²) in [6.07, 6.45) is 1.41. The van der Waals surface area contributed by atoms with E-state index in [4.69, 9.17) is 5.14 Å². The first-order valence-electron chi connectivity index (χ1n) is 7.91. The molecule has 5 nitrogen and oxygen atoms in total. The first-order chi connectivity index (χ1) is 11.4. The van der Waals surface area contributed by atoms with E-state index in [0.717, 1.165) is 17.5 Å². The molecule has 1 amide bonds. The van der Waals surface area contributed by atoms with Gasteiger partial charge < -0.3 is 5.32 Å². The van der Waals surface area contributed by atoms with E-state index in [9.17, 15) is 13.2 Å². The highest BCUT2D eigenvalue weighted by Crippen LogP contribution is 2.35. The van der Waals surface area contributed by atoms with Gasteiger partial charge >= 0.3 is 0 Å². The second-order valence-electron chi connectivity index (χ2n) is 6.04. The van der Waals surface area contributed by atoms with Gasteiger partial charge in [-0.25, -0.2) is 13.6 Å². The fourth-order valence-corrected chi connectivity index (χ4v) is 3.66. The van der Waals surface area contributed by atoms with Crippen LogP contribution in [0.25, 0.3) is 0 Å². The van der Waals surface area contributed by atoms with Crippen LogP contribution in [0.1, 0.15) is 42.0 Å². The Labute approximate surface area is 141 Å². The lowest BCUT2D eigenvalue weighted by molar-refractivity contribution is -0.123. The lowest BCUT2D eigenvalue weighted by atomic mass is 9.77. The lowest BCUT2D eigenvalue weighted by Crippen LogP contribution is -2.37. The van der Waals surface area contributed by atoms with Crippen molar-refractivity contribution in [3.8, 4) is 0 Å². The summed E-state index contributed by atoms with van der Waals surface area (Å²) in [5, 5.41) is 8.22. The predicted molar refractivity (Wildman–Crippen MR) is 91.9 cm³/mol. The summed E-state index contributed by atoms with van der Waals surface area (Å²) in [6, 6.07) is 14.1. The molecule has 0 aromatic heterocycles. The fraction of sp³-hybridized carbons (Fsp3) is 0.278. The Hall–Kier alpha value is -2.18. The highest BCUT2D eigenvalue weighted by molar-refractivity contribution is 7.89. The molecule has 3 N–H and O–H groups in total. The number of hydrogen-bond acceptors (Lipinski definition) is 3. The highest BCUT2D eigenvalue weighted by atomic mass is 32.2. The van der Waals surface area contributed by atoms with Crippen LogP contribution in [0, 0.1) is 0 Å². The Bertz CT molecular complexity index is 877. The molecule has 0 unspecified atom stereocenters. The molecule has 0 fully saturated rings. The van der Waals surface area contributed by atoms with Crippen molar-refractivity contribution in [2.45, 2.75) is 36.6 Å². The van der Waals surface area contributed by atoms with Crippen LogP contribution in [0.3, 0.4) is 0 Å². The quantitative estimate of drug-likeness (QED) is 0.872. The number of nitrogens with two attached hydrogens (primary N) is 1. The molecule has 0 heterocycles. The van der Waals surface area contributed by atoms with E-state index in [1.165, 1.54) is 17.7 Å². The minimum atomic E-state index is -3.76. The molecule has 2 atom stereocenters. The Kier molecular flexibility index (Phi) is 4.43. The van der Waals surface area contributed by atoms with Gasteiger partial charge in [0.15, 0.2) is 0 Å². The summed E-state index contributed by atoms with van der Waals surface area (Å²) in [6.45, 7) is 1.95. The third kappa shape index (κ3) is 3.20. The smallest absolute Gasteiger partial charge is 0.238 e. The normalized spacial score (nSPS) is 17.5. The molecule has 3 rings (SSSR count). The summed E-state index contributed by atoms with van der Waals surface area (Å²) in [7, 11) is -3.76. The zero-order valence-corrected chi connectivity index (χ0v) is 14.2. The number of primary sulfonamides is 1. The van der Waals surface area contributed by atoms with Crippen molar-refractivity contribution in [3.63, 3.8) is 0 Å². The maximum Gasteiger partial charge on any atom is 0.238 e. The third-order valence-corrected chi connectivity index (χ3v) is 5.40. The first kappa shape index (κ1) is 16.7. The van der Waals surface area contributed by atoms with Crippen LogP contribution in [-0.2, 0) is 21.2 Å². The Morgan fingerprint density at radius 3 is 2.67 bits per heavy atom. The summed E-state index contributed by atoms with van der Waals surface area (Å²) in [5.74, 6) is -0.154. The first-order valence-corrected chi connectivity index (χ1v) is 9.45. The van der Waals surface area contributed by atoms with E-state index in [1.54, 1.807) is 12.1 Å². The molecule has 0 aliphatic heterocycles. The number of carbonyl (C=O) groups excluding carboxylic acids is 1. The standard InChI is InChI=1S/C18H20N2O3S/c1-2-17(13-7-5-8-14(10-13)24(19,22)23)20-18(21)16-11-12-6-3-4-9-15(12)16/h3-10,16-17H,2,11H2,1H3,(H,20,21)(H2,19,22,23)/t16-,17+/m0/s1. The second-order valence-corrected chi connectivity index (χ2v) is 7.60. The Balaban J connectivity index is 1.77. The number of hydrogen-bond donors (Lipinski definition) is 2. The molecule has 2 aromatic carbocycles. The molecule has 24 heavy (non-hydrogen) atoms. The van der Waals surface area contributed by atoms with E-state index >= 15 is 0 Å². The number of rotatable bonds is 5. The van der Waals surface area contributed by atoms with Crippen LogP contribution in [0.15, 0.2) is 53.4 Å². The van der Waals surface area contributed by atoms with Gasteiger partial charge in [-0.3, -0.25) is 4.79 Å². The van der Waals surface area contributed by atoms with Gasteiger partial charge in [-0.15, -0.1) is 0 Å². The maximum absolute atomic E-state index is 12.6. The largest absolute Gasteiger partial charge is 0.349 e. The molecular weight excluding hydrogens is 324 g/mol. The highest BCUT2D eigenvalue weighted by Gasteiger charge is 2.32. The van der Waals surface area contributed by atoms with Crippen molar-refractivity contribution in [2.75, 3.05) is 0 Å². The number of nitrogens with one attached hydrogen (secondary N) is 1. The topological polar surface area (TPSA) is 89.3 Å². The van der Waals surface area contributed by atoms with Crippen LogP contribution < -0.4 is 10.5 Å². The molecule has 0 bridgehead atoms. The van der Waals surface area contributed by atoms with E-state index in [0.29, 0.717) is 6.42 Å². The van der Waals surface area contributed by atoms with Gasteiger partial charge in [-0.2, -0.15) is 0 Å². The van der Waals surface area contributed by atoms with Crippen LogP contribution in [0.2, 0.25) is 0 Å². The summed E-state index contributed by atoms with van der Waals surface area (Å²) < 4.78 is 23.0. The van der Waals surface area contributed by atoms with E-state index < -0.39 is 10.0 Å². The zero-order valence-electron chi connectivity index (χ0n) is 13.4. The average Bonchev–Trinajstić information content (AvgIpc) is 2.53. The average molecular weight is 344 g/mol. The molecule has 0 radical (unpaired) electrons. The molecule has 6 heteroatoms. The fourth-order valence-electron chi connectivity index (χ4n) is 3.09. The van der Waals surface area contributed by atoms with Crippen molar-refractivity contribution in [3.05, 3.63) is 65.2 Å². The molecule has 0 spiro atoms. The van der Waals surface area contributed by atoms with Crippen molar-refractivity contribution in [1.82, 2.24) is 5.32 Å². The van der Waals surface area contributed by atoms with Crippen LogP contribution >= 0.6 is 0 Å². The van der Waals surface area contributed by atoms with E-state index in [-0.39, 0.29) is 22.8 Å². The Morgan fingerprint density at radius 2 is 2.00 bits per heavy atom. The molecule has 0 saturated carbocycles. The molecule has 0 saturated heterocycles. The number of amides is 1. The van der Waals surface area contributed by atoms with Crippen molar-refractivity contribution in [2.24, 2.45) is 5.14 Å². The number of fused-ring (bicyclic) bond motifs is 1. The molecular formula is C18H20N2O3S. The summed E-state index contributed by atoms with van der Waals surface area (Å²) in [5.41, 5.74) is 3.02. The predicted octanol–water partition coefficient (Wildman–Crippen LogP) is 2.24. The van der Waals surface area contributed by atoms with Crippen molar-refractivity contribution < 1.29 is 13.2 Å². The number of carbonyl (C=O) groups is 1. The van der Waals surface area contributed by atoms with Crippen LogP contribution in [0.5, 0.6) is 0 Å². The monoisotopic (exact) mass is 344 g/mol. The lowest BCUT2D eigenvalue weighted by Gasteiger charge is -2.30. The van der Waals surface area contributed by atoms with Gasteiger partial charge in [-0.1, -0.05) is 43.3 Å². The molecule has 1 aliphatic carbocycles. The minimum absolute atomic E-state index is 0.0263. The Morgan fingerprint density at radius 1 is 1.25 bits per heavy atom. The molecule has 1 aliphatic rings. The van der Waals surface area contributed by atoms with E-state index in [1.807, 2.05) is 31.2 Å². The van der Waals surface area contributed by atoms with Gasteiger partial charge in [0.25, 0.3) is 0 Å². The van der Waals surface area contributed by atoms with Gasteiger partial charge in [0, 0.05) is 0 Å². The van der Waals surface area contributed by atoms with Gasteiger partial charge in [0.1, 0.15) is 0 Å². The van der Waals surface area contributed by atoms with Gasteiger partial charge in [0.05, 0.1) is 16.9 Å².